The first-order valence-corrected chi connectivity index (χ1v) is 37.6. The predicted molar refractivity (Wildman–Crippen MR) is 340 cm³/mol. The van der Waals surface area contributed by atoms with Crippen molar-refractivity contribution in [2.24, 2.45) is 5.92 Å². The number of rotatable bonds is 66. The molecule has 0 bridgehead atoms. The number of unbranched alkanes of at least 4 members (excludes halogenated alkanes) is 38. The SMILES string of the molecule is CCCCCCCCCCCCCCCCCCC(=O)O[C@H](COC(=O)CCCCCCCCCCCC)COP(=O)(O)OC[C@@H](O)COP(=O)(O)OC[C@@H](COC(=O)CCCCCCCCC(C)C)OC(=O)CCCCCCCCCCCC. The van der Waals surface area contributed by atoms with E-state index in [2.05, 4.69) is 34.6 Å². The lowest BCUT2D eigenvalue weighted by molar-refractivity contribution is -0.161. The molecule has 17 nitrogen and oxygen atoms in total. The van der Waals surface area contributed by atoms with Crippen LogP contribution in [0.25, 0.3) is 0 Å². The summed E-state index contributed by atoms with van der Waals surface area (Å²) in [5, 5.41) is 10.5. The Hall–Kier alpha value is -1.94. The van der Waals surface area contributed by atoms with Gasteiger partial charge in [-0.2, -0.15) is 0 Å². The highest BCUT2D eigenvalue weighted by molar-refractivity contribution is 7.47. The second-order valence-corrected chi connectivity index (χ2v) is 27.2. The highest BCUT2D eigenvalue weighted by Crippen LogP contribution is 2.45. The van der Waals surface area contributed by atoms with Crippen LogP contribution < -0.4 is 0 Å². The fraction of sp³-hybridized carbons (Fsp3) is 0.939. The normalized spacial score (nSPS) is 14.2. The maximum Gasteiger partial charge on any atom is 0.472 e. The Morgan fingerprint density at radius 1 is 0.318 bits per heavy atom. The smallest absolute Gasteiger partial charge is 0.462 e. The number of aliphatic hydroxyl groups excluding tert-OH is 1. The summed E-state index contributed by atoms with van der Waals surface area (Å²) in [5.74, 6) is -1.45. The van der Waals surface area contributed by atoms with Crippen LogP contribution in [0.4, 0.5) is 0 Å². The molecule has 0 aliphatic rings. The van der Waals surface area contributed by atoms with Crippen LogP contribution in [-0.2, 0) is 65.4 Å². The van der Waals surface area contributed by atoms with Crippen molar-refractivity contribution in [1.29, 1.82) is 0 Å². The minimum absolute atomic E-state index is 0.106. The van der Waals surface area contributed by atoms with Gasteiger partial charge in [0, 0.05) is 25.7 Å². The Labute approximate surface area is 517 Å². The van der Waals surface area contributed by atoms with Crippen molar-refractivity contribution in [1.82, 2.24) is 0 Å². The van der Waals surface area contributed by atoms with Crippen molar-refractivity contribution in [2.75, 3.05) is 39.6 Å². The predicted octanol–water partition coefficient (Wildman–Crippen LogP) is 18.6. The first-order valence-electron chi connectivity index (χ1n) is 34.6. The molecule has 0 aromatic heterocycles. The minimum atomic E-state index is -4.94. The average Bonchev–Trinajstić information content (AvgIpc) is 3.57. The van der Waals surface area contributed by atoms with E-state index in [4.69, 9.17) is 37.0 Å². The third-order valence-electron chi connectivity index (χ3n) is 15.3. The van der Waals surface area contributed by atoms with Gasteiger partial charge in [-0.05, 0) is 31.6 Å². The van der Waals surface area contributed by atoms with Crippen LogP contribution in [0.1, 0.15) is 336 Å². The zero-order chi connectivity index (χ0) is 62.8. The van der Waals surface area contributed by atoms with Crippen molar-refractivity contribution in [3.05, 3.63) is 0 Å². The molecule has 0 aliphatic carbocycles. The quantitative estimate of drug-likeness (QED) is 0.0222. The molecule has 0 radical (unpaired) electrons. The second kappa shape index (κ2) is 59.7. The van der Waals surface area contributed by atoms with Gasteiger partial charge in [-0.25, -0.2) is 9.13 Å². The van der Waals surface area contributed by atoms with Gasteiger partial charge >= 0.3 is 39.5 Å². The van der Waals surface area contributed by atoms with Crippen molar-refractivity contribution in [2.45, 2.75) is 355 Å². The lowest BCUT2D eigenvalue weighted by atomic mass is 10.0. The Balaban J connectivity index is 5.21. The number of hydrogen-bond acceptors (Lipinski definition) is 15. The van der Waals surface area contributed by atoms with E-state index < -0.39 is 97.5 Å². The summed E-state index contributed by atoms with van der Waals surface area (Å²) < 4.78 is 68.0. The fourth-order valence-corrected chi connectivity index (χ4v) is 11.5. The molecule has 3 N–H and O–H groups in total. The number of phosphoric acid groups is 2. The molecule has 0 spiro atoms. The van der Waals surface area contributed by atoms with Crippen LogP contribution in [0.15, 0.2) is 0 Å². The molecule has 5 atom stereocenters. The largest absolute Gasteiger partial charge is 0.472 e. The first kappa shape index (κ1) is 83.1. The number of carbonyl (C=O) groups excluding carboxylic acids is 4. The molecule has 504 valence electrons. The van der Waals surface area contributed by atoms with Crippen LogP contribution in [0.3, 0.4) is 0 Å². The number of ether oxygens (including phenoxy) is 4. The molecule has 0 fully saturated rings. The first-order chi connectivity index (χ1) is 41.0. The Morgan fingerprint density at radius 2 is 0.541 bits per heavy atom. The van der Waals surface area contributed by atoms with E-state index >= 15 is 0 Å². The van der Waals surface area contributed by atoms with Crippen LogP contribution in [0.5, 0.6) is 0 Å². The van der Waals surface area contributed by atoms with Gasteiger partial charge in [0.05, 0.1) is 26.4 Å². The standard InChI is InChI=1S/C66H128O17P2/c1-6-9-12-15-18-21-24-25-26-27-28-29-32-35-42-47-52-66(71)82-61(55-76-63(68)49-44-39-33-30-22-19-16-13-10-7-2)57-80-84(72,73)78-53-60(67)54-79-85(74,75)81-58-62(56-77-64(69)50-45-40-37-36-38-43-48-59(4)5)83-65(70)51-46-41-34-31-23-20-17-14-11-8-3/h59-62,67H,6-58H2,1-5H3,(H,72,73)(H,74,75)/t60-,61-,62-/m1/s1. The minimum Gasteiger partial charge on any atom is -0.462 e. The third kappa shape index (κ3) is 60.7. The van der Waals surface area contributed by atoms with Gasteiger partial charge in [-0.3, -0.25) is 37.3 Å². The molecular weight excluding hydrogens is 1130 g/mol. The summed E-state index contributed by atoms with van der Waals surface area (Å²) in [6.45, 7) is 7.12. The summed E-state index contributed by atoms with van der Waals surface area (Å²) in [5.41, 5.74) is 0. The van der Waals surface area contributed by atoms with Gasteiger partial charge in [0.2, 0.25) is 0 Å². The molecule has 0 saturated heterocycles. The highest BCUT2D eigenvalue weighted by atomic mass is 31.2. The van der Waals surface area contributed by atoms with E-state index in [1.807, 2.05) is 0 Å². The summed E-state index contributed by atoms with van der Waals surface area (Å²) in [6.07, 6.45) is 44.5. The third-order valence-corrected chi connectivity index (χ3v) is 17.2. The average molecular weight is 1260 g/mol. The number of hydrogen-bond donors (Lipinski definition) is 3. The van der Waals surface area contributed by atoms with Crippen molar-refractivity contribution in [3.63, 3.8) is 0 Å². The molecule has 0 amide bonds. The van der Waals surface area contributed by atoms with Gasteiger partial charge in [-0.1, -0.05) is 285 Å². The molecule has 0 saturated carbocycles. The summed E-state index contributed by atoms with van der Waals surface area (Å²) in [7, 11) is -9.89. The number of aliphatic hydroxyl groups is 1. The highest BCUT2D eigenvalue weighted by Gasteiger charge is 2.30. The summed E-state index contributed by atoms with van der Waals surface area (Å²) >= 11 is 0. The van der Waals surface area contributed by atoms with Crippen LogP contribution in [-0.4, -0.2) is 96.7 Å². The molecular formula is C66H128O17P2. The Kier molecular flexibility index (Phi) is 58.3. The Bertz CT molecular complexity index is 1650. The van der Waals surface area contributed by atoms with E-state index in [0.717, 1.165) is 96.3 Å². The monoisotopic (exact) mass is 1250 g/mol. The van der Waals surface area contributed by atoms with Crippen LogP contribution in [0.2, 0.25) is 0 Å². The molecule has 0 aromatic carbocycles. The van der Waals surface area contributed by atoms with E-state index in [1.54, 1.807) is 0 Å². The maximum atomic E-state index is 13.0. The van der Waals surface area contributed by atoms with Gasteiger partial charge in [-0.15, -0.1) is 0 Å². The van der Waals surface area contributed by atoms with E-state index in [0.29, 0.717) is 31.6 Å². The van der Waals surface area contributed by atoms with E-state index in [-0.39, 0.29) is 25.7 Å². The molecule has 0 aliphatic heterocycles. The molecule has 0 rings (SSSR count). The van der Waals surface area contributed by atoms with E-state index in [1.165, 1.54) is 154 Å². The van der Waals surface area contributed by atoms with Gasteiger partial charge in [0.15, 0.2) is 12.2 Å². The van der Waals surface area contributed by atoms with Gasteiger partial charge in [0.25, 0.3) is 0 Å². The molecule has 2 unspecified atom stereocenters. The van der Waals surface area contributed by atoms with Gasteiger partial charge < -0.3 is 33.8 Å². The maximum absolute atomic E-state index is 13.0. The van der Waals surface area contributed by atoms with Crippen molar-refractivity contribution < 1.29 is 80.2 Å². The molecule has 19 heteroatoms. The van der Waals surface area contributed by atoms with Gasteiger partial charge in [0.1, 0.15) is 19.3 Å². The summed E-state index contributed by atoms with van der Waals surface area (Å²) in [4.78, 5) is 72.2. The topological polar surface area (TPSA) is 237 Å². The van der Waals surface area contributed by atoms with E-state index in [9.17, 15) is 43.2 Å². The van der Waals surface area contributed by atoms with Crippen LogP contribution in [0, 0.1) is 5.92 Å². The molecule has 0 aromatic rings. The lowest BCUT2D eigenvalue weighted by Crippen LogP contribution is -2.30. The zero-order valence-electron chi connectivity index (χ0n) is 54.7. The fourth-order valence-electron chi connectivity index (χ4n) is 9.94. The van der Waals surface area contributed by atoms with Crippen molar-refractivity contribution in [3.8, 4) is 0 Å². The number of phosphoric ester groups is 2. The number of esters is 4. The van der Waals surface area contributed by atoms with Crippen molar-refractivity contribution >= 4 is 39.5 Å². The van der Waals surface area contributed by atoms with Crippen LogP contribution >= 0.6 is 15.6 Å². The lowest BCUT2D eigenvalue weighted by Gasteiger charge is -2.21. The molecule has 0 heterocycles. The molecule has 85 heavy (non-hydrogen) atoms. The second-order valence-electron chi connectivity index (χ2n) is 24.3. The summed E-state index contributed by atoms with van der Waals surface area (Å²) in [6, 6.07) is 0. The Morgan fingerprint density at radius 3 is 0.800 bits per heavy atom. The number of carbonyl (C=O) groups is 4. The zero-order valence-corrected chi connectivity index (χ0v) is 56.5.